The lowest BCUT2D eigenvalue weighted by Crippen LogP contribution is -2.13. The third-order valence-corrected chi connectivity index (χ3v) is 7.34. The van der Waals surface area contributed by atoms with Crippen LogP contribution in [-0.4, -0.2) is 11.9 Å². The monoisotopic (exact) mass is 517 g/mol. The number of carbonyl (C=O) groups is 2. The van der Waals surface area contributed by atoms with Gasteiger partial charge in [0.1, 0.15) is 0 Å². The second kappa shape index (κ2) is 24.8. The first kappa shape index (κ1) is 34.1. The van der Waals surface area contributed by atoms with E-state index in [1.54, 1.807) is 0 Å². The first-order chi connectivity index (χ1) is 16.9. The second-order valence-corrected chi connectivity index (χ2v) is 11.5. The van der Waals surface area contributed by atoms with Gasteiger partial charge in [-0.1, -0.05) is 142 Å². The molecular weight excluding hydrogens is 461 g/mol. The lowest BCUT2D eigenvalue weighted by atomic mass is 10.1. The van der Waals surface area contributed by atoms with Gasteiger partial charge in [-0.25, -0.2) is 10.1 Å². The van der Waals surface area contributed by atoms with Crippen LogP contribution in [0.3, 0.4) is 0 Å². The van der Waals surface area contributed by atoms with Crippen molar-refractivity contribution < 1.29 is 23.2 Å². The van der Waals surface area contributed by atoms with Crippen LogP contribution in [0.2, 0.25) is 0 Å². The van der Waals surface area contributed by atoms with Crippen molar-refractivity contribution in [3.05, 3.63) is 0 Å². The maximum atomic E-state index is 12.1. The minimum Gasteiger partial charge on any atom is -0.371 e. The highest BCUT2D eigenvalue weighted by atomic mass is 31.2. The Kier molecular flexibility index (Phi) is 24.2. The SMILES string of the molecule is CCCCCCCCCCCCCC(=O)OP(N)(=O)OC(=O)CCCCCCCCCCCCC. The van der Waals surface area contributed by atoms with Crippen LogP contribution in [0.15, 0.2) is 0 Å². The van der Waals surface area contributed by atoms with Crippen molar-refractivity contribution in [3.8, 4) is 0 Å². The molecule has 0 heterocycles. The molecule has 0 amide bonds. The van der Waals surface area contributed by atoms with Gasteiger partial charge < -0.3 is 9.05 Å². The Morgan fingerprint density at radius 1 is 0.486 bits per heavy atom. The third kappa shape index (κ3) is 26.0. The zero-order valence-electron chi connectivity index (χ0n) is 23.0. The zero-order chi connectivity index (χ0) is 26.0. The van der Waals surface area contributed by atoms with E-state index in [1.807, 2.05) is 0 Å². The number of carbonyl (C=O) groups excluding carboxylic acids is 2. The molecule has 35 heavy (non-hydrogen) atoms. The van der Waals surface area contributed by atoms with Gasteiger partial charge in [0.05, 0.1) is 0 Å². The van der Waals surface area contributed by atoms with Crippen LogP contribution in [0, 0.1) is 0 Å². The standard InChI is InChI=1S/C28H56NO5P/c1-3-5-7-9-11-13-15-17-19-21-23-25-27(30)33-35(29,32)34-28(31)26-24-22-20-18-16-14-12-10-8-6-4-2/h3-26H2,1-2H3,(H2,29,32). The molecule has 0 unspecified atom stereocenters. The number of unbranched alkanes of at least 4 members (excludes halogenated alkanes) is 20. The van der Waals surface area contributed by atoms with Crippen molar-refractivity contribution in [1.82, 2.24) is 0 Å². The van der Waals surface area contributed by atoms with Crippen LogP contribution in [0.1, 0.15) is 168 Å². The quantitative estimate of drug-likeness (QED) is 0.0906. The summed E-state index contributed by atoms with van der Waals surface area (Å²) in [6, 6.07) is 0. The molecule has 6 nitrogen and oxygen atoms in total. The first-order valence-electron chi connectivity index (χ1n) is 14.7. The fourth-order valence-corrected chi connectivity index (χ4v) is 5.05. The molecule has 0 aliphatic rings. The van der Waals surface area contributed by atoms with Crippen LogP contribution < -0.4 is 5.50 Å². The number of rotatable bonds is 26. The molecule has 0 aromatic carbocycles. The van der Waals surface area contributed by atoms with Crippen LogP contribution in [0.25, 0.3) is 0 Å². The van der Waals surface area contributed by atoms with E-state index in [0.717, 1.165) is 25.7 Å². The van der Waals surface area contributed by atoms with E-state index in [9.17, 15) is 14.2 Å². The Bertz CT molecular complexity index is 511. The molecule has 0 aliphatic carbocycles. The minimum atomic E-state index is -4.17. The lowest BCUT2D eigenvalue weighted by molar-refractivity contribution is -0.138. The molecule has 0 spiro atoms. The van der Waals surface area contributed by atoms with E-state index >= 15 is 0 Å². The Labute approximate surface area is 216 Å². The van der Waals surface area contributed by atoms with E-state index in [4.69, 9.17) is 14.6 Å². The van der Waals surface area contributed by atoms with Gasteiger partial charge in [-0.05, 0) is 12.8 Å². The summed E-state index contributed by atoms with van der Waals surface area (Å²) in [4.78, 5) is 23.8. The minimum absolute atomic E-state index is 0.147. The Morgan fingerprint density at radius 2 is 0.714 bits per heavy atom. The van der Waals surface area contributed by atoms with Gasteiger partial charge in [-0.15, -0.1) is 0 Å². The Balaban J connectivity index is 3.62. The van der Waals surface area contributed by atoms with Crippen molar-refractivity contribution in [1.29, 1.82) is 0 Å². The molecule has 0 radical (unpaired) electrons. The molecule has 0 saturated heterocycles. The van der Waals surface area contributed by atoms with Gasteiger partial charge in [0.15, 0.2) is 0 Å². The molecular formula is C28H56NO5P. The van der Waals surface area contributed by atoms with Crippen LogP contribution in [0.5, 0.6) is 0 Å². The third-order valence-electron chi connectivity index (χ3n) is 6.43. The molecule has 0 saturated carbocycles. The van der Waals surface area contributed by atoms with E-state index in [2.05, 4.69) is 13.8 Å². The van der Waals surface area contributed by atoms with Crippen LogP contribution in [-0.2, 0) is 23.2 Å². The van der Waals surface area contributed by atoms with Gasteiger partial charge in [0.2, 0.25) is 0 Å². The molecule has 0 atom stereocenters. The second-order valence-electron chi connectivity index (χ2n) is 10.0. The largest absolute Gasteiger partial charge is 0.514 e. The van der Waals surface area contributed by atoms with Crippen LogP contribution in [0.4, 0.5) is 0 Å². The lowest BCUT2D eigenvalue weighted by Gasteiger charge is -2.13. The molecule has 0 aromatic heterocycles. The average molecular weight is 518 g/mol. The predicted octanol–water partition coefficient (Wildman–Crippen LogP) is 9.54. The molecule has 0 rings (SSSR count). The molecule has 0 bridgehead atoms. The van der Waals surface area contributed by atoms with Crippen molar-refractivity contribution >= 4 is 19.7 Å². The van der Waals surface area contributed by atoms with Gasteiger partial charge in [0, 0.05) is 12.8 Å². The Hall–Kier alpha value is -0.870. The van der Waals surface area contributed by atoms with Crippen molar-refractivity contribution in [2.24, 2.45) is 5.50 Å². The summed E-state index contributed by atoms with van der Waals surface area (Å²) in [6.45, 7) is 4.46. The molecule has 7 heteroatoms. The van der Waals surface area contributed by atoms with Gasteiger partial charge >= 0.3 is 19.7 Å². The van der Waals surface area contributed by atoms with Crippen molar-refractivity contribution in [2.45, 2.75) is 168 Å². The maximum absolute atomic E-state index is 12.1. The molecule has 208 valence electrons. The average Bonchev–Trinajstić information content (AvgIpc) is 2.80. The van der Waals surface area contributed by atoms with Crippen LogP contribution >= 0.6 is 7.75 Å². The summed E-state index contributed by atoms with van der Waals surface area (Å²) in [7, 11) is -4.17. The Morgan fingerprint density at radius 3 is 0.971 bits per heavy atom. The van der Waals surface area contributed by atoms with E-state index in [0.29, 0.717) is 12.8 Å². The molecule has 0 aromatic rings. The maximum Gasteiger partial charge on any atom is 0.514 e. The molecule has 0 aliphatic heterocycles. The fraction of sp³-hybridized carbons (Fsp3) is 0.929. The smallest absolute Gasteiger partial charge is 0.371 e. The van der Waals surface area contributed by atoms with E-state index in [1.165, 1.54) is 103 Å². The van der Waals surface area contributed by atoms with E-state index < -0.39 is 19.7 Å². The molecule has 0 fully saturated rings. The summed E-state index contributed by atoms with van der Waals surface area (Å²) in [5.74, 6) is -1.32. The van der Waals surface area contributed by atoms with E-state index in [-0.39, 0.29) is 12.8 Å². The summed E-state index contributed by atoms with van der Waals surface area (Å²) >= 11 is 0. The summed E-state index contributed by atoms with van der Waals surface area (Å²) in [5, 5.41) is 0. The highest BCUT2D eigenvalue weighted by Crippen LogP contribution is 2.40. The number of hydrogen-bond donors (Lipinski definition) is 1. The highest BCUT2D eigenvalue weighted by molar-refractivity contribution is 7.52. The highest BCUT2D eigenvalue weighted by Gasteiger charge is 2.27. The fourth-order valence-electron chi connectivity index (χ4n) is 4.26. The van der Waals surface area contributed by atoms with Gasteiger partial charge in [0.25, 0.3) is 0 Å². The summed E-state index contributed by atoms with van der Waals surface area (Å²) in [6.07, 6.45) is 26.3. The first-order valence-corrected chi connectivity index (χ1v) is 16.4. The normalized spacial score (nSPS) is 11.5. The zero-order valence-corrected chi connectivity index (χ0v) is 23.9. The van der Waals surface area contributed by atoms with Crippen molar-refractivity contribution in [2.75, 3.05) is 0 Å². The van der Waals surface area contributed by atoms with Gasteiger partial charge in [-0.3, -0.25) is 9.59 Å². The van der Waals surface area contributed by atoms with Crippen molar-refractivity contribution in [3.63, 3.8) is 0 Å². The number of hydrogen-bond acceptors (Lipinski definition) is 5. The van der Waals surface area contributed by atoms with Gasteiger partial charge in [-0.2, -0.15) is 0 Å². The summed E-state index contributed by atoms with van der Waals surface area (Å²) in [5.41, 5.74) is 5.45. The predicted molar refractivity (Wildman–Crippen MR) is 146 cm³/mol. The molecule has 2 N–H and O–H groups in total. The topological polar surface area (TPSA) is 95.7 Å². The summed E-state index contributed by atoms with van der Waals surface area (Å²) < 4.78 is 21.6. The number of nitrogens with two attached hydrogens (primary N) is 1.